The summed E-state index contributed by atoms with van der Waals surface area (Å²) in [6.45, 7) is 73.5. The number of hydrogen-bond acceptors (Lipinski definition) is 0. The highest BCUT2D eigenvalue weighted by Crippen LogP contribution is 2.65. The largest absolute Gasteiger partial charge is 0.103 e. The minimum atomic E-state index is 0.500. The Balaban J connectivity index is -0.000000148. The minimum Gasteiger partial charge on any atom is -0.103 e. The maximum Gasteiger partial charge on any atom is -0.0135 e. The molecule has 4 unspecified atom stereocenters. The molecule has 2 fully saturated rings. The maximum atomic E-state index is 4.52. The van der Waals surface area contributed by atoms with E-state index in [0.717, 1.165) is 28.9 Å². The van der Waals surface area contributed by atoms with Gasteiger partial charge in [0.2, 0.25) is 0 Å². The van der Waals surface area contributed by atoms with Crippen molar-refractivity contribution in [2.45, 2.75) is 223 Å². The first-order valence-corrected chi connectivity index (χ1v) is 22.2. The van der Waals surface area contributed by atoms with Crippen molar-refractivity contribution in [1.29, 1.82) is 0 Å². The van der Waals surface area contributed by atoms with Crippen LogP contribution in [0.1, 0.15) is 223 Å². The smallest absolute Gasteiger partial charge is 0.0135 e. The number of rotatable bonds is 10. The third kappa shape index (κ3) is 46.6. The van der Waals surface area contributed by atoms with E-state index < -0.39 is 0 Å². The maximum absolute atomic E-state index is 4.52. The van der Waals surface area contributed by atoms with E-state index >= 15 is 0 Å². The van der Waals surface area contributed by atoms with Crippen LogP contribution in [0.2, 0.25) is 0 Å². The Labute approximate surface area is 347 Å². The van der Waals surface area contributed by atoms with Crippen LogP contribution in [0.3, 0.4) is 0 Å². The van der Waals surface area contributed by atoms with Crippen LogP contribution in [0.4, 0.5) is 0 Å². The van der Waals surface area contributed by atoms with Crippen molar-refractivity contribution in [3.63, 3.8) is 0 Å². The number of allylic oxidation sites excluding steroid dienone is 6. The van der Waals surface area contributed by atoms with E-state index in [0.29, 0.717) is 34.0 Å². The van der Waals surface area contributed by atoms with Gasteiger partial charge in [-0.2, -0.15) is 0 Å². The van der Waals surface area contributed by atoms with E-state index in [2.05, 4.69) is 171 Å². The molecule has 2 aliphatic carbocycles. The molecule has 4 atom stereocenters. The number of hydrogen-bond donors (Lipinski definition) is 0. The normalized spacial score (nSPS) is 17.7. The lowest BCUT2D eigenvalue weighted by Crippen LogP contribution is -2.19. The second-order valence-corrected chi connectivity index (χ2v) is 20.6. The van der Waals surface area contributed by atoms with E-state index in [1.807, 2.05) is 27.7 Å². The van der Waals surface area contributed by atoms with Crippen LogP contribution < -0.4 is 0 Å². The molecular formula is C54H108. The van der Waals surface area contributed by atoms with E-state index in [-0.39, 0.29) is 0 Å². The van der Waals surface area contributed by atoms with Gasteiger partial charge < -0.3 is 0 Å². The van der Waals surface area contributed by atoms with Crippen molar-refractivity contribution in [2.24, 2.45) is 51.8 Å². The first-order valence-electron chi connectivity index (χ1n) is 22.2. The van der Waals surface area contributed by atoms with Crippen LogP contribution in [0, 0.1) is 51.8 Å². The molecule has 0 nitrogen and oxygen atoms in total. The van der Waals surface area contributed by atoms with Gasteiger partial charge in [0.25, 0.3) is 0 Å². The van der Waals surface area contributed by atoms with Gasteiger partial charge in [0.1, 0.15) is 0 Å². The van der Waals surface area contributed by atoms with Crippen molar-refractivity contribution < 1.29 is 0 Å². The van der Waals surface area contributed by atoms with Crippen LogP contribution in [0.5, 0.6) is 0 Å². The predicted octanol–water partition coefficient (Wildman–Crippen LogP) is 19.9. The second kappa shape index (κ2) is 35.8. The first kappa shape index (κ1) is 64.3. The average Bonchev–Trinajstić information content (AvgIpc) is 3.57. The molecule has 0 N–H and O–H groups in total. The molecule has 0 aliphatic heterocycles. The summed E-state index contributed by atoms with van der Waals surface area (Å²) >= 11 is 0. The third-order valence-corrected chi connectivity index (χ3v) is 8.87. The van der Waals surface area contributed by atoms with Crippen molar-refractivity contribution in [3.05, 3.63) is 73.4 Å². The highest BCUT2D eigenvalue weighted by Gasteiger charge is 2.59. The summed E-state index contributed by atoms with van der Waals surface area (Å²) in [6.07, 6.45) is 15.3. The van der Waals surface area contributed by atoms with E-state index in [9.17, 15) is 0 Å². The molecule has 0 radical (unpaired) electrons. The van der Waals surface area contributed by atoms with E-state index in [1.165, 1.54) is 80.9 Å². The van der Waals surface area contributed by atoms with Gasteiger partial charge in [-0.05, 0) is 106 Å². The Kier molecular flexibility index (Phi) is 42.7. The summed E-state index contributed by atoms with van der Waals surface area (Å²) in [5, 5.41) is 0. The minimum absolute atomic E-state index is 0.500. The molecule has 2 rings (SSSR count). The lowest BCUT2D eigenvalue weighted by Gasteiger charge is -2.31. The molecule has 0 aromatic carbocycles. The third-order valence-electron chi connectivity index (χ3n) is 8.87. The fourth-order valence-electron chi connectivity index (χ4n) is 5.90. The molecule has 54 heavy (non-hydrogen) atoms. The molecule has 2 aliphatic rings. The van der Waals surface area contributed by atoms with Crippen LogP contribution in [-0.2, 0) is 0 Å². The van der Waals surface area contributed by atoms with Gasteiger partial charge in [0.15, 0.2) is 0 Å². The Bertz CT molecular complexity index is 913. The summed E-state index contributed by atoms with van der Waals surface area (Å²) in [5.41, 5.74) is 7.81. The molecule has 324 valence electrons. The van der Waals surface area contributed by atoms with E-state index in [4.69, 9.17) is 0 Å². The summed E-state index contributed by atoms with van der Waals surface area (Å²) in [6, 6.07) is 0. The summed E-state index contributed by atoms with van der Waals surface area (Å²) in [7, 11) is 0. The van der Waals surface area contributed by atoms with Crippen LogP contribution >= 0.6 is 0 Å². The van der Waals surface area contributed by atoms with Gasteiger partial charge >= 0.3 is 0 Å². The van der Waals surface area contributed by atoms with Crippen molar-refractivity contribution >= 4 is 0 Å². The van der Waals surface area contributed by atoms with Gasteiger partial charge in [-0.1, -0.05) is 230 Å². The zero-order valence-electron chi connectivity index (χ0n) is 42.4. The van der Waals surface area contributed by atoms with Gasteiger partial charge in [-0.25, -0.2) is 0 Å². The van der Waals surface area contributed by atoms with Crippen molar-refractivity contribution in [1.82, 2.24) is 0 Å². The molecule has 0 amide bonds. The topological polar surface area (TPSA) is 0 Å². The molecule has 0 spiro atoms. The monoisotopic (exact) mass is 757 g/mol. The molecule has 0 aromatic rings. The SMILES string of the molecule is C=C(C)C.C=C(C)C(=C)C(C)C.C=C(CC(C(=C)C)C1C(CC)C1(C)C)C(C)C1CCCCC1.C=CC.CC(C)(C)C.CC(C)(C)C.CCC.CCCC. The zero-order valence-corrected chi connectivity index (χ0v) is 42.4. The molecule has 0 heteroatoms. The highest BCUT2D eigenvalue weighted by molar-refractivity contribution is 5.24. The Morgan fingerprint density at radius 1 is 0.704 bits per heavy atom. The van der Waals surface area contributed by atoms with Crippen molar-refractivity contribution in [3.8, 4) is 0 Å². The van der Waals surface area contributed by atoms with E-state index in [1.54, 1.807) is 6.08 Å². The van der Waals surface area contributed by atoms with Crippen LogP contribution in [-0.4, -0.2) is 0 Å². The number of unbranched alkanes of at least 4 members (excludes halogenated alkanes) is 1. The molecule has 2 saturated carbocycles. The summed E-state index contributed by atoms with van der Waals surface area (Å²) in [5.74, 6) is 4.49. The van der Waals surface area contributed by atoms with Gasteiger partial charge in [0.05, 0.1) is 0 Å². The fourth-order valence-corrected chi connectivity index (χ4v) is 5.90. The lowest BCUT2D eigenvalue weighted by atomic mass is 9.74. The Morgan fingerprint density at radius 2 is 1.02 bits per heavy atom. The van der Waals surface area contributed by atoms with Gasteiger partial charge in [-0.3, -0.25) is 0 Å². The van der Waals surface area contributed by atoms with Crippen LogP contribution in [0.15, 0.2) is 73.4 Å². The van der Waals surface area contributed by atoms with Crippen molar-refractivity contribution in [2.75, 3.05) is 0 Å². The molecule has 0 saturated heterocycles. The van der Waals surface area contributed by atoms with Gasteiger partial charge in [0, 0.05) is 0 Å². The zero-order chi connectivity index (χ0) is 44.6. The summed E-state index contributed by atoms with van der Waals surface area (Å²) in [4.78, 5) is 0. The molecule has 0 bridgehead atoms. The summed E-state index contributed by atoms with van der Waals surface area (Å²) < 4.78 is 0. The fraction of sp³-hybridized carbons (Fsp3) is 0.778. The molecule has 0 heterocycles. The second-order valence-electron chi connectivity index (χ2n) is 20.6. The average molecular weight is 757 g/mol. The van der Waals surface area contributed by atoms with Gasteiger partial charge in [-0.15, -0.1) is 13.2 Å². The predicted molar refractivity (Wildman–Crippen MR) is 261 cm³/mol. The molecular weight excluding hydrogens is 649 g/mol. The Morgan fingerprint density at radius 3 is 1.20 bits per heavy atom. The standard InChI is InChI=1S/C22H38.C8H14.2C5H12.C4H8.C4H10.C3H8.C3H6/c1-8-20-21(22(20,6)7)19(15(2)3)14-16(4)17(5)18-12-10-9-11-13-18;1-6(2)8(5)7(3)4;2*1-5(2,3)4;1-4(2)3;1-3-4-2;2*1-3-2/h17-21H,2,4,8-14H2,1,3,5-7H3;7H,1,5H2,2-4H3;2*1-4H3;1H2,2-3H3;3-4H2,1-2H3;3H2,1-2H3;3H,1H2,2H3. The first-order chi connectivity index (χ1) is 24.3. The Hall–Kier alpha value is -1.56. The lowest BCUT2D eigenvalue weighted by molar-refractivity contribution is 0.281. The van der Waals surface area contributed by atoms with Crippen LogP contribution in [0.25, 0.3) is 0 Å². The molecule has 0 aromatic heterocycles. The highest BCUT2D eigenvalue weighted by atomic mass is 14.6. The quantitative estimate of drug-likeness (QED) is 0.154.